The predicted octanol–water partition coefficient (Wildman–Crippen LogP) is 3.34. The Morgan fingerprint density at radius 2 is 1.94 bits per heavy atom. The summed E-state index contributed by atoms with van der Waals surface area (Å²) in [6.45, 7) is 0.116. The van der Waals surface area contributed by atoms with E-state index in [4.69, 9.17) is 5.11 Å². The monoisotopic (exact) mass is 214 g/mol. The van der Waals surface area contributed by atoms with Crippen molar-refractivity contribution < 1.29 is 5.11 Å². The standard InChI is InChI=1S/C15H18O/c16-12-6-5-10-14-8-2-1-7-13-9-3-4-11-15(13)14/h3-6,9-11,16H,1-2,7-8,12H2/b6-5+,14-10+. The van der Waals surface area contributed by atoms with Gasteiger partial charge in [-0.2, -0.15) is 0 Å². The molecule has 1 aromatic rings. The van der Waals surface area contributed by atoms with E-state index in [1.54, 1.807) is 6.08 Å². The number of hydrogen-bond acceptors (Lipinski definition) is 1. The van der Waals surface area contributed by atoms with Crippen molar-refractivity contribution in [2.45, 2.75) is 25.7 Å². The summed E-state index contributed by atoms with van der Waals surface area (Å²) in [5.41, 5.74) is 4.25. The molecule has 16 heavy (non-hydrogen) atoms. The molecule has 0 fully saturated rings. The summed E-state index contributed by atoms with van der Waals surface area (Å²) in [6, 6.07) is 8.66. The van der Waals surface area contributed by atoms with Crippen LogP contribution in [0.25, 0.3) is 5.57 Å². The summed E-state index contributed by atoms with van der Waals surface area (Å²) in [5, 5.41) is 8.73. The van der Waals surface area contributed by atoms with E-state index < -0.39 is 0 Å². The lowest BCUT2D eigenvalue weighted by atomic mass is 9.98. The van der Waals surface area contributed by atoms with Gasteiger partial charge in [-0.3, -0.25) is 0 Å². The molecular formula is C15H18O. The van der Waals surface area contributed by atoms with Gasteiger partial charge in [-0.25, -0.2) is 0 Å². The molecule has 2 rings (SSSR count). The fraction of sp³-hybridized carbons (Fsp3) is 0.333. The van der Waals surface area contributed by atoms with Gasteiger partial charge in [-0.15, -0.1) is 0 Å². The molecule has 1 aliphatic carbocycles. The van der Waals surface area contributed by atoms with Crippen LogP contribution in [0.3, 0.4) is 0 Å². The molecular weight excluding hydrogens is 196 g/mol. The first-order valence-corrected chi connectivity index (χ1v) is 5.96. The Labute approximate surface area is 97.1 Å². The van der Waals surface area contributed by atoms with Gasteiger partial charge in [-0.1, -0.05) is 42.5 Å². The molecule has 0 unspecified atom stereocenters. The van der Waals surface area contributed by atoms with Crippen LogP contribution in [0.1, 0.15) is 30.4 Å². The topological polar surface area (TPSA) is 20.2 Å². The minimum absolute atomic E-state index is 0.116. The third-order valence-electron chi connectivity index (χ3n) is 3.04. The Kier molecular flexibility index (Phi) is 3.95. The Morgan fingerprint density at radius 1 is 1.12 bits per heavy atom. The van der Waals surface area contributed by atoms with E-state index in [9.17, 15) is 0 Å². The Bertz CT molecular complexity index is 402. The van der Waals surface area contributed by atoms with Crippen molar-refractivity contribution in [3.05, 3.63) is 53.6 Å². The third kappa shape index (κ3) is 2.61. The van der Waals surface area contributed by atoms with Crippen LogP contribution >= 0.6 is 0 Å². The van der Waals surface area contributed by atoms with E-state index in [-0.39, 0.29) is 6.61 Å². The van der Waals surface area contributed by atoms with E-state index in [1.807, 2.05) is 6.08 Å². The van der Waals surface area contributed by atoms with E-state index in [2.05, 4.69) is 30.3 Å². The summed E-state index contributed by atoms with van der Waals surface area (Å²) in [7, 11) is 0. The fourth-order valence-electron chi connectivity index (χ4n) is 2.24. The summed E-state index contributed by atoms with van der Waals surface area (Å²) in [5.74, 6) is 0. The highest BCUT2D eigenvalue weighted by atomic mass is 16.2. The van der Waals surface area contributed by atoms with Gasteiger partial charge in [0.15, 0.2) is 0 Å². The van der Waals surface area contributed by atoms with Crippen molar-refractivity contribution in [1.29, 1.82) is 0 Å². The number of aliphatic hydroxyl groups is 1. The molecule has 0 radical (unpaired) electrons. The molecule has 0 saturated heterocycles. The average molecular weight is 214 g/mol. The van der Waals surface area contributed by atoms with Crippen LogP contribution in [0, 0.1) is 0 Å². The summed E-state index contributed by atoms with van der Waals surface area (Å²) >= 11 is 0. The number of fused-ring (bicyclic) bond motifs is 1. The molecule has 0 bridgehead atoms. The summed E-state index contributed by atoms with van der Waals surface area (Å²) < 4.78 is 0. The first-order valence-electron chi connectivity index (χ1n) is 5.96. The molecule has 0 atom stereocenters. The fourth-order valence-corrected chi connectivity index (χ4v) is 2.24. The largest absolute Gasteiger partial charge is 0.392 e. The van der Waals surface area contributed by atoms with Crippen LogP contribution in [0.15, 0.2) is 42.5 Å². The Hall–Kier alpha value is -1.34. The normalized spacial score (nSPS) is 18.7. The van der Waals surface area contributed by atoms with Gasteiger partial charge in [-0.05, 0) is 42.4 Å². The maximum Gasteiger partial charge on any atom is 0.0615 e. The van der Waals surface area contributed by atoms with Crippen molar-refractivity contribution in [2.75, 3.05) is 6.61 Å². The molecule has 1 aromatic carbocycles. The van der Waals surface area contributed by atoms with E-state index >= 15 is 0 Å². The second-order valence-corrected chi connectivity index (χ2v) is 4.17. The van der Waals surface area contributed by atoms with Crippen molar-refractivity contribution in [3.63, 3.8) is 0 Å². The lowest BCUT2D eigenvalue weighted by Gasteiger charge is -2.07. The van der Waals surface area contributed by atoms with E-state index in [1.165, 1.54) is 36.0 Å². The molecule has 0 spiro atoms. The summed E-state index contributed by atoms with van der Waals surface area (Å²) in [6.07, 6.45) is 10.7. The molecule has 0 amide bonds. The minimum Gasteiger partial charge on any atom is -0.392 e. The smallest absolute Gasteiger partial charge is 0.0615 e. The SMILES string of the molecule is OC/C=C/C=C1\CCCCc2ccccc21. The molecule has 1 heteroatoms. The highest BCUT2D eigenvalue weighted by molar-refractivity contribution is 5.70. The second-order valence-electron chi connectivity index (χ2n) is 4.17. The number of benzene rings is 1. The lowest BCUT2D eigenvalue weighted by molar-refractivity contribution is 0.343. The number of rotatable bonds is 2. The molecule has 0 heterocycles. The first kappa shape index (κ1) is 11.2. The maximum atomic E-state index is 8.73. The zero-order valence-electron chi connectivity index (χ0n) is 9.52. The highest BCUT2D eigenvalue weighted by Crippen LogP contribution is 2.29. The average Bonchev–Trinajstić information content (AvgIpc) is 2.52. The number of aliphatic hydroxyl groups excluding tert-OH is 1. The first-order chi connectivity index (χ1) is 7.92. The number of aryl methyl sites for hydroxylation is 1. The lowest BCUT2D eigenvalue weighted by Crippen LogP contribution is -1.88. The molecule has 0 saturated carbocycles. The van der Waals surface area contributed by atoms with Crippen molar-refractivity contribution >= 4 is 5.57 Å². The van der Waals surface area contributed by atoms with Crippen molar-refractivity contribution in [3.8, 4) is 0 Å². The van der Waals surface area contributed by atoms with Crippen LogP contribution in [0.2, 0.25) is 0 Å². The number of hydrogen-bond donors (Lipinski definition) is 1. The zero-order valence-corrected chi connectivity index (χ0v) is 9.52. The third-order valence-corrected chi connectivity index (χ3v) is 3.04. The van der Waals surface area contributed by atoms with Crippen LogP contribution < -0.4 is 0 Å². The molecule has 1 nitrogen and oxygen atoms in total. The maximum absolute atomic E-state index is 8.73. The van der Waals surface area contributed by atoms with Crippen molar-refractivity contribution in [1.82, 2.24) is 0 Å². The molecule has 1 aliphatic rings. The van der Waals surface area contributed by atoms with Crippen LogP contribution in [0.4, 0.5) is 0 Å². The molecule has 0 aliphatic heterocycles. The number of allylic oxidation sites excluding steroid dienone is 3. The van der Waals surface area contributed by atoms with Crippen molar-refractivity contribution in [2.24, 2.45) is 0 Å². The van der Waals surface area contributed by atoms with Gasteiger partial charge in [0.1, 0.15) is 0 Å². The van der Waals surface area contributed by atoms with Crippen LogP contribution in [-0.2, 0) is 6.42 Å². The van der Waals surface area contributed by atoms with Gasteiger partial charge in [0, 0.05) is 0 Å². The van der Waals surface area contributed by atoms with Gasteiger partial charge in [0.25, 0.3) is 0 Å². The van der Waals surface area contributed by atoms with Gasteiger partial charge >= 0.3 is 0 Å². The highest BCUT2D eigenvalue weighted by Gasteiger charge is 2.10. The Morgan fingerprint density at radius 3 is 2.81 bits per heavy atom. The molecule has 84 valence electrons. The quantitative estimate of drug-likeness (QED) is 0.748. The van der Waals surface area contributed by atoms with Gasteiger partial charge < -0.3 is 5.11 Å². The van der Waals surface area contributed by atoms with Crippen LogP contribution in [-0.4, -0.2) is 11.7 Å². The van der Waals surface area contributed by atoms with Crippen LogP contribution in [0.5, 0.6) is 0 Å². The van der Waals surface area contributed by atoms with Gasteiger partial charge in [0.05, 0.1) is 6.61 Å². The second kappa shape index (κ2) is 5.66. The molecule has 1 N–H and O–H groups in total. The summed E-state index contributed by atoms with van der Waals surface area (Å²) in [4.78, 5) is 0. The van der Waals surface area contributed by atoms with Gasteiger partial charge in [0.2, 0.25) is 0 Å². The zero-order chi connectivity index (χ0) is 11.2. The van der Waals surface area contributed by atoms with E-state index in [0.29, 0.717) is 0 Å². The molecule has 0 aromatic heterocycles. The van der Waals surface area contributed by atoms with E-state index in [0.717, 1.165) is 6.42 Å². The predicted molar refractivity (Wildman–Crippen MR) is 68.2 cm³/mol. The Balaban J connectivity index is 2.32. The minimum atomic E-state index is 0.116.